The predicted octanol–water partition coefficient (Wildman–Crippen LogP) is 1.19. The third kappa shape index (κ3) is 1.72. The van der Waals surface area contributed by atoms with E-state index in [1.165, 1.54) is 0 Å². The number of aromatic amines is 1. The molecule has 0 atom stereocenters. The van der Waals surface area contributed by atoms with Gasteiger partial charge in [0.2, 0.25) is 0 Å². The number of nitrogens with zero attached hydrogens (tertiary/aromatic N) is 3. The zero-order chi connectivity index (χ0) is 12.5. The number of hydrogen-bond donors (Lipinski definition) is 2. The zero-order valence-corrected chi connectivity index (χ0v) is 9.92. The van der Waals surface area contributed by atoms with Crippen LogP contribution in [0.15, 0.2) is 30.5 Å². The molecule has 0 spiro atoms. The van der Waals surface area contributed by atoms with Gasteiger partial charge in [-0.25, -0.2) is 9.50 Å². The highest BCUT2D eigenvalue weighted by molar-refractivity contribution is 5.59. The molecule has 2 heterocycles. The van der Waals surface area contributed by atoms with Crippen molar-refractivity contribution in [1.82, 2.24) is 19.6 Å². The Morgan fingerprint density at radius 2 is 2.28 bits per heavy atom. The Kier molecular flexibility index (Phi) is 2.49. The number of rotatable bonds is 3. The monoisotopic (exact) mass is 243 g/mol. The summed E-state index contributed by atoms with van der Waals surface area (Å²) in [5.41, 5.74) is 7.29. The first-order valence-corrected chi connectivity index (χ1v) is 5.58. The van der Waals surface area contributed by atoms with E-state index in [1.54, 1.807) is 11.6 Å². The van der Waals surface area contributed by atoms with Gasteiger partial charge in [-0.1, -0.05) is 12.1 Å². The van der Waals surface area contributed by atoms with Gasteiger partial charge in [0.1, 0.15) is 5.75 Å². The van der Waals surface area contributed by atoms with Gasteiger partial charge >= 0.3 is 0 Å². The van der Waals surface area contributed by atoms with Crippen LogP contribution in [0.25, 0.3) is 17.2 Å². The molecule has 92 valence electrons. The normalized spacial score (nSPS) is 11.0. The maximum Gasteiger partial charge on any atom is 0.251 e. The number of hydrogen-bond acceptors (Lipinski definition) is 4. The molecular weight excluding hydrogens is 230 g/mol. The fraction of sp³-hybridized carbons (Fsp3) is 0.167. The Morgan fingerprint density at radius 1 is 1.39 bits per heavy atom. The lowest BCUT2D eigenvalue weighted by Gasteiger charge is -2.00. The predicted molar refractivity (Wildman–Crippen MR) is 67.2 cm³/mol. The van der Waals surface area contributed by atoms with Crippen molar-refractivity contribution in [1.29, 1.82) is 0 Å². The van der Waals surface area contributed by atoms with Crippen molar-refractivity contribution in [3.05, 3.63) is 36.2 Å². The van der Waals surface area contributed by atoms with E-state index in [0.717, 1.165) is 22.8 Å². The number of H-pyrrole nitrogens is 1. The van der Waals surface area contributed by atoms with Gasteiger partial charge < -0.3 is 10.5 Å². The molecule has 18 heavy (non-hydrogen) atoms. The third-order valence-corrected chi connectivity index (χ3v) is 2.73. The standard InChI is InChI=1S/C12H13N5O/c1-18-10-4-2-3-8(5-10)11-15-12-14-9(6-13)7-17(12)16-11/h2-5,7H,6,13H2,1H3,(H,14,15,16). The van der Waals surface area contributed by atoms with Crippen LogP contribution >= 0.6 is 0 Å². The molecule has 6 heteroatoms. The minimum atomic E-state index is 0.408. The SMILES string of the molecule is COc1cccc(-c2nc3nc(CN)cn3[nH]2)c1. The summed E-state index contributed by atoms with van der Waals surface area (Å²) in [6, 6.07) is 7.70. The highest BCUT2D eigenvalue weighted by atomic mass is 16.5. The van der Waals surface area contributed by atoms with Crippen molar-refractivity contribution in [3.8, 4) is 17.1 Å². The van der Waals surface area contributed by atoms with Gasteiger partial charge in [-0.3, -0.25) is 5.10 Å². The maximum atomic E-state index is 5.53. The quantitative estimate of drug-likeness (QED) is 0.724. The minimum absolute atomic E-state index is 0.408. The Labute approximate surface area is 103 Å². The van der Waals surface area contributed by atoms with E-state index in [1.807, 2.05) is 30.5 Å². The fourth-order valence-corrected chi connectivity index (χ4v) is 1.82. The largest absolute Gasteiger partial charge is 0.497 e. The number of aromatic nitrogens is 4. The van der Waals surface area contributed by atoms with Crippen LogP contribution in [0.3, 0.4) is 0 Å². The van der Waals surface area contributed by atoms with Gasteiger partial charge in [-0.15, -0.1) is 0 Å². The number of nitrogens with one attached hydrogen (secondary N) is 1. The van der Waals surface area contributed by atoms with Crippen LogP contribution in [0.5, 0.6) is 5.75 Å². The van der Waals surface area contributed by atoms with E-state index in [9.17, 15) is 0 Å². The number of imidazole rings is 1. The Morgan fingerprint density at radius 3 is 3.00 bits per heavy atom. The molecular formula is C12H13N5O. The lowest BCUT2D eigenvalue weighted by atomic mass is 10.2. The van der Waals surface area contributed by atoms with E-state index >= 15 is 0 Å². The van der Waals surface area contributed by atoms with Gasteiger partial charge in [-0.2, -0.15) is 4.98 Å². The molecule has 2 aromatic heterocycles. The summed E-state index contributed by atoms with van der Waals surface area (Å²) in [4.78, 5) is 8.70. The van der Waals surface area contributed by atoms with E-state index in [0.29, 0.717) is 12.3 Å². The van der Waals surface area contributed by atoms with E-state index in [-0.39, 0.29) is 0 Å². The second kappa shape index (κ2) is 4.15. The van der Waals surface area contributed by atoms with Gasteiger partial charge in [0.05, 0.1) is 19.0 Å². The van der Waals surface area contributed by atoms with Gasteiger partial charge in [0.15, 0.2) is 5.82 Å². The Hall–Kier alpha value is -2.34. The highest BCUT2D eigenvalue weighted by Crippen LogP contribution is 2.21. The molecule has 0 unspecified atom stereocenters. The highest BCUT2D eigenvalue weighted by Gasteiger charge is 2.08. The van der Waals surface area contributed by atoms with Crippen molar-refractivity contribution in [2.24, 2.45) is 5.73 Å². The summed E-state index contributed by atoms with van der Waals surface area (Å²) in [5.74, 6) is 2.16. The number of fused-ring (bicyclic) bond motifs is 1. The van der Waals surface area contributed by atoms with Crippen molar-refractivity contribution in [2.75, 3.05) is 7.11 Å². The lowest BCUT2D eigenvalue weighted by Crippen LogP contribution is -1.96. The molecule has 3 rings (SSSR count). The molecule has 0 radical (unpaired) electrons. The summed E-state index contributed by atoms with van der Waals surface area (Å²) in [5, 5.41) is 3.15. The molecule has 0 aliphatic heterocycles. The molecule has 0 amide bonds. The molecule has 0 fully saturated rings. The first kappa shape index (κ1) is 10.8. The number of nitrogens with two attached hydrogens (primary N) is 1. The van der Waals surface area contributed by atoms with E-state index in [4.69, 9.17) is 10.5 Å². The van der Waals surface area contributed by atoms with Crippen LogP contribution in [-0.4, -0.2) is 26.7 Å². The van der Waals surface area contributed by atoms with Crippen LogP contribution in [0.1, 0.15) is 5.69 Å². The molecule has 6 nitrogen and oxygen atoms in total. The molecule has 3 N–H and O–H groups in total. The molecule has 3 aromatic rings. The Balaban J connectivity index is 2.05. The lowest BCUT2D eigenvalue weighted by molar-refractivity contribution is 0.415. The maximum absolute atomic E-state index is 5.53. The summed E-state index contributed by atoms with van der Waals surface area (Å²) >= 11 is 0. The van der Waals surface area contributed by atoms with E-state index < -0.39 is 0 Å². The molecule has 0 aliphatic rings. The average Bonchev–Trinajstić information content (AvgIpc) is 2.96. The van der Waals surface area contributed by atoms with Crippen molar-refractivity contribution < 1.29 is 4.74 Å². The van der Waals surface area contributed by atoms with Gasteiger partial charge in [0, 0.05) is 12.1 Å². The number of benzene rings is 1. The van der Waals surface area contributed by atoms with Crippen LogP contribution in [-0.2, 0) is 6.54 Å². The number of methoxy groups -OCH3 is 1. The van der Waals surface area contributed by atoms with Crippen molar-refractivity contribution in [2.45, 2.75) is 6.54 Å². The summed E-state index contributed by atoms with van der Waals surface area (Å²) in [6.45, 7) is 0.408. The Bertz CT molecular complexity index is 653. The fourth-order valence-electron chi connectivity index (χ4n) is 1.82. The third-order valence-electron chi connectivity index (χ3n) is 2.73. The average molecular weight is 243 g/mol. The molecule has 0 aliphatic carbocycles. The topological polar surface area (TPSA) is 81.2 Å². The molecule has 1 aromatic carbocycles. The van der Waals surface area contributed by atoms with Crippen LogP contribution < -0.4 is 10.5 Å². The number of ether oxygens (including phenoxy) is 1. The molecule has 0 saturated carbocycles. The van der Waals surface area contributed by atoms with E-state index in [2.05, 4.69) is 15.1 Å². The second-order valence-electron chi connectivity index (χ2n) is 3.91. The summed E-state index contributed by atoms with van der Waals surface area (Å²) < 4.78 is 6.95. The van der Waals surface area contributed by atoms with Gasteiger partial charge in [-0.05, 0) is 12.1 Å². The molecule has 0 bridgehead atoms. The van der Waals surface area contributed by atoms with Crippen LogP contribution in [0.2, 0.25) is 0 Å². The first-order chi connectivity index (χ1) is 8.80. The van der Waals surface area contributed by atoms with Crippen LogP contribution in [0.4, 0.5) is 0 Å². The van der Waals surface area contributed by atoms with Gasteiger partial charge in [0.25, 0.3) is 5.78 Å². The summed E-state index contributed by atoms with van der Waals surface area (Å²) in [6.07, 6.45) is 1.84. The first-order valence-electron chi connectivity index (χ1n) is 5.58. The smallest absolute Gasteiger partial charge is 0.251 e. The van der Waals surface area contributed by atoms with Crippen LogP contribution in [0, 0.1) is 0 Å². The zero-order valence-electron chi connectivity index (χ0n) is 9.92. The minimum Gasteiger partial charge on any atom is -0.497 e. The van der Waals surface area contributed by atoms with Crippen molar-refractivity contribution >= 4 is 5.78 Å². The summed E-state index contributed by atoms with van der Waals surface area (Å²) in [7, 11) is 1.64. The second-order valence-corrected chi connectivity index (χ2v) is 3.91. The molecule has 0 saturated heterocycles. The van der Waals surface area contributed by atoms with Crippen molar-refractivity contribution in [3.63, 3.8) is 0 Å².